The normalized spacial score (nSPS) is 20.8. The van der Waals surface area contributed by atoms with E-state index < -0.39 is 0 Å². The van der Waals surface area contributed by atoms with Gasteiger partial charge >= 0.3 is 0 Å². The molecule has 2 aliphatic rings. The molecule has 0 spiro atoms. The number of amides is 1. The summed E-state index contributed by atoms with van der Waals surface area (Å²) >= 11 is 1.84. The first-order chi connectivity index (χ1) is 11.2. The van der Waals surface area contributed by atoms with E-state index in [2.05, 4.69) is 24.8 Å². The Hall–Kier alpha value is -1.36. The van der Waals surface area contributed by atoms with Gasteiger partial charge in [-0.1, -0.05) is 32.8 Å². The SMILES string of the molecule is CCCCC(CC)C(=O)N1CCSC1c1ccc2c(c1)OCO2. The van der Waals surface area contributed by atoms with Crippen molar-refractivity contribution in [2.75, 3.05) is 19.1 Å². The molecule has 2 aliphatic heterocycles. The number of fused-ring (bicyclic) bond motifs is 1. The zero-order valence-electron chi connectivity index (χ0n) is 13.9. The summed E-state index contributed by atoms with van der Waals surface area (Å²) in [6, 6.07) is 6.04. The molecular weight excluding hydrogens is 310 g/mol. The van der Waals surface area contributed by atoms with Crippen molar-refractivity contribution in [2.24, 2.45) is 5.92 Å². The highest BCUT2D eigenvalue weighted by atomic mass is 32.2. The van der Waals surface area contributed by atoms with Crippen LogP contribution in [0.1, 0.15) is 50.5 Å². The number of rotatable bonds is 6. The summed E-state index contributed by atoms with van der Waals surface area (Å²) in [7, 11) is 0. The first kappa shape index (κ1) is 16.5. The van der Waals surface area contributed by atoms with Crippen molar-refractivity contribution in [1.82, 2.24) is 4.90 Å². The van der Waals surface area contributed by atoms with E-state index in [1.807, 2.05) is 23.9 Å². The number of benzene rings is 1. The van der Waals surface area contributed by atoms with Crippen LogP contribution in [0, 0.1) is 5.92 Å². The Bertz CT molecular complexity index is 563. The molecule has 0 radical (unpaired) electrons. The van der Waals surface area contributed by atoms with Crippen molar-refractivity contribution in [2.45, 2.75) is 44.9 Å². The molecule has 1 fully saturated rings. The highest BCUT2D eigenvalue weighted by molar-refractivity contribution is 7.99. The monoisotopic (exact) mass is 335 g/mol. The summed E-state index contributed by atoms with van der Waals surface area (Å²) < 4.78 is 10.9. The third-order valence-corrected chi connectivity index (χ3v) is 5.86. The third kappa shape index (κ3) is 3.44. The van der Waals surface area contributed by atoms with Gasteiger partial charge < -0.3 is 14.4 Å². The predicted octanol–water partition coefficient (Wildman–Crippen LogP) is 4.21. The molecule has 2 unspecified atom stereocenters. The molecule has 4 nitrogen and oxygen atoms in total. The van der Waals surface area contributed by atoms with Crippen LogP contribution in [-0.2, 0) is 4.79 Å². The lowest BCUT2D eigenvalue weighted by molar-refractivity contribution is -0.136. The van der Waals surface area contributed by atoms with E-state index in [9.17, 15) is 4.79 Å². The lowest BCUT2D eigenvalue weighted by Crippen LogP contribution is -2.35. The average molecular weight is 335 g/mol. The largest absolute Gasteiger partial charge is 0.454 e. The number of thioether (sulfide) groups is 1. The maximum absolute atomic E-state index is 13.0. The summed E-state index contributed by atoms with van der Waals surface area (Å²) in [5.74, 6) is 3.05. The summed E-state index contributed by atoms with van der Waals surface area (Å²) in [4.78, 5) is 15.0. The Morgan fingerprint density at radius 2 is 2.17 bits per heavy atom. The van der Waals surface area contributed by atoms with E-state index in [0.29, 0.717) is 5.91 Å². The second kappa shape index (κ2) is 7.47. The van der Waals surface area contributed by atoms with Crippen LogP contribution >= 0.6 is 11.8 Å². The Balaban J connectivity index is 1.75. The minimum atomic E-state index is 0.104. The van der Waals surface area contributed by atoms with Crippen molar-refractivity contribution in [3.8, 4) is 11.5 Å². The maximum atomic E-state index is 13.0. The van der Waals surface area contributed by atoms with E-state index in [1.54, 1.807) is 0 Å². The van der Waals surface area contributed by atoms with E-state index in [-0.39, 0.29) is 18.1 Å². The Kier molecular flexibility index (Phi) is 5.36. The maximum Gasteiger partial charge on any atom is 0.231 e. The fourth-order valence-electron chi connectivity index (χ4n) is 3.23. The zero-order chi connectivity index (χ0) is 16.2. The molecule has 1 aromatic rings. The van der Waals surface area contributed by atoms with E-state index in [0.717, 1.165) is 55.0 Å². The Morgan fingerprint density at radius 3 is 2.96 bits per heavy atom. The van der Waals surface area contributed by atoms with Crippen LogP contribution in [0.15, 0.2) is 18.2 Å². The topological polar surface area (TPSA) is 38.8 Å². The molecular formula is C18H25NO3S. The number of hydrogen-bond donors (Lipinski definition) is 0. The first-order valence-electron chi connectivity index (χ1n) is 8.56. The molecule has 2 atom stereocenters. The summed E-state index contributed by atoms with van der Waals surface area (Å²) in [6.07, 6.45) is 4.19. The predicted molar refractivity (Wildman–Crippen MR) is 92.8 cm³/mol. The number of carbonyl (C=O) groups excluding carboxylic acids is 1. The number of unbranched alkanes of at least 4 members (excludes halogenated alkanes) is 1. The van der Waals surface area contributed by atoms with E-state index >= 15 is 0 Å². The van der Waals surface area contributed by atoms with E-state index in [4.69, 9.17) is 9.47 Å². The fourth-order valence-corrected chi connectivity index (χ4v) is 4.48. The van der Waals surface area contributed by atoms with Gasteiger partial charge in [0.15, 0.2) is 11.5 Å². The van der Waals surface area contributed by atoms with Gasteiger partial charge in [0.25, 0.3) is 0 Å². The van der Waals surface area contributed by atoms with Crippen LogP contribution in [0.4, 0.5) is 0 Å². The van der Waals surface area contributed by atoms with Crippen molar-refractivity contribution >= 4 is 17.7 Å². The molecule has 0 bridgehead atoms. The molecule has 126 valence electrons. The van der Waals surface area contributed by atoms with Gasteiger partial charge in [0.05, 0.1) is 0 Å². The molecule has 0 N–H and O–H groups in total. The van der Waals surface area contributed by atoms with Crippen LogP contribution in [-0.4, -0.2) is 29.9 Å². The van der Waals surface area contributed by atoms with Crippen LogP contribution in [0.25, 0.3) is 0 Å². The second-order valence-corrected chi connectivity index (χ2v) is 7.30. The van der Waals surface area contributed by atoms with Crippen LogP contribution in [0.3, 0.4) is 0 Å². The Morgan fingerprint density at radius 1 is 1.35 bits per heavy atom. The fraction of sp³-hybridized carbons (Fsp3) is 0.611. The molecule has 0 aromatic heterocycles. The van der Waals surface area contributed by atoms with Crippen molar-refractivity contribution in [3.63, 3.8) is 0 Å². The minimum absolute atomic E-state index is 0.104. The van der Waals surface area contributed by atoms with Gasteiger partial charge in [-0.25, -0.2) is 0 Å². The van der Waals surface area contributed by atoms with Gasteiger partial charge in [-0.05, 0) is 30.5 Å². The molecule has 1 aromatic carbocycles. The van der Waals surface area contributed by atoms with Crippen LogP contribution < -0.4 is 9.47 Å². The molecule has 2 heterocycles. The lowest BCUT2D eigenvalue weighted by Gasteiger charge is -2.28. The average Bonchev–Trinajstić information content (AvgIpc) is 3.23. The summed E-state index contributed by atoms with van der Waals surface area (Å²) in [5.41, 5.74) is 1.13. The summed E-state index contributed by atoms with van der Waals surface area (Å²) in [6.45, 7) is 5.43. The molecule has 0 saturated carbocycles. The number of ether oxygens (including phenoxy) is 2. The molecule has 1 amide bonds. The smallest absolute Gasteiger partial charge is 0.231 e. The summed E-state index contributed by atoms with van der Waals surface area (Å²) in [5, 5.41) is 0.104. The van der Waals surface area contributed by atoms with Gasteiger partial charge in [0, 0.05) is 18.2 Å². The minimum Gasteiger partial charge on any atom is -0.454 e. The lowest BCUT2D eigenvalue weighted by atomic mass is 9.97. The number of nitrogens with zero attached hydrogens (tertiary/aromatic N) is 1. The Labute approximate surface area is 142 Å². The van der Waals surface area contributed by atoms with Crippen LogP contribution in [0.5, 0.6) is 11.5 Å². The number of carbonyl (C=O) groups is 1. The van der Waals surface area contributed by atoms with Gasteiger partial charge in [0.1, 0.15) is 5.37 Å². The van der Waals surface area contributed by atoms with E-state index in [1.165, 1.54) is 0 Å². The highest BCUT2D eigenvalue weighted by Gasteiger charge is 2.34. The molecule has 3 rings (SSSR count). The van der Waals surface area contributed by atoms with Gasteiger partial charge in [-0.3, -0.25) is 4.79 Å². The van der Waals surface area contributed by atoms with Crippen molar-refractivity contribution < 1.29 is 14.3 Å². The standard InChI is InChI=1S/C18H25NO3S/c1-3-5-6-13(4-2)17(20)19-9-10-23-18(19)14-7-8-15-16(11-14)22-12-21-15/h7-8,11,13,18H,3-6,9-10,12H2,1-2H3. The second-order valence-electron chi connectivity index (χ2n) is 6.11. The molecule has 0 aliphatic carbocycles. The highest BCUT2D eigenvalue weighted by Crippen LogP contribution is 2.43. The van der Waals surface area contributed by atoms with Gasteiger partial charge in [-0.2, -0.15) is 0 Å². The van der Waals surface area contributed by atoms with Gasteiger partial charge in [-0.15, -0.1) is 11.8 Å². The first-order valence-corrected chi connectivity index (χ1v) is 9.61. The molecule has 23 heavy (non-hydrogen) atoms. The van der Waals surface area contributed by atoms with Crippen molar-refractivity contribution in [3.05, 3.63) is 23.8 Å². The third-order valence-electron chi connectivity index (χ3n) is 4.60. The quantitative estimate of drug-likeness (QED) is 0.781. The van der Waals surface area contributed by atoms with Crippen LogP contribution in [0.2, 0.25) is 0 Å². The van der Waals surface area contributed by atoms with Crippen molar-refractivity contribution in [1.29, 1.82) is 0 Å². The zero-order valence-corrected chi connectivity index (χ0v) is 14.7. The molecule has 1 saturated heterocycles. The van der Waals surface area contributed by atoms with Gasteiger partial charge in [0.2, 0.25) is 12.7 Å². The number of hydrogen-bond acceptors (Lipinski definition) is 4. The molecule has 5 heteroatoms.